The molecule has 1 aromatic rings. The predicted molar refractivity (Wildman–Crippen MR) is 62.4 cm³/mol. The van der Waals surface area contributed by atoms with Gasteiger partial charge in [0.1, 0.15) is 5.75 Å². The van der Waals surface area contributed by atoms with E-state index in [2.05, 4.69) is 10.1 Å². The Morgan fingerprint density at radius 3 is 2.50 bits per heavy atom. The van der Waals surface area contributed by atoms with Crippen molar-refractivity contribution >= 4 is 5.69 Å². The Bertz CT molecular complexity index is 414. The molecule has 1 saturated heterocycles. The maximum atomic E-state index is 12.2. The van der Waals surface area contributed by atoms with Crippen LogP contribution in [0.2, 0.25) is 0 Å². The molecule has 1 heterocycles. The summed E-state index contributed by atoms with van der Waals surface area (Å²) in [7, 11) is 0. The smallest absolute Gasteiger partial charge is 0.406 e. The summed E-state index contributed by atoms with van der Waals surface area (Å²) >= 11 is 0. The van der Waals surface area contributed by atoms with Crippen molar-refractivity contribution in [3.05, 3.63) is 23.8 Å². The summed E-state index contributed by atoms with van der Waals surface area (Å²) in [6, 6.07) is 4.12. The van der Waals surface area contributed by atoms with Gasteiger partial charge in [0.2, 0.25) is 0 Å². The number of piperidine rings is 1. The third-order valence-electron chi connectivity index (χ3n) is 3.07. The summed E-state index contributed by atoms with van der Waals surface area (Å²) in [6.45, 7) is 1.71. The van der Waals surface area contributed by atoms with Crippen molar-refractivity contribution in [3.8, 4) is 5.75 Å². The van der Waals surface area contributed by atoms with E-state index in [1.807, 2.05) is 0 Å². The zero-order valence-electron chi connectivity index (χ0n) is 9.76. The molecule has 6 heteroatoms. The van der Waals surface area contributed by atoms with Crippen molar-refractivity contribution in [2.75, 3.05) is 18.8 Å². The minimum atomic E-state index is -4.67. The fourth-order valence-electron chi connectivity index (χ4n) is 2.24. The number of ether oxygens (including phenoxy) is 1. The second-order valence-electron chi connectivity index (χ2n) is 4.36. The van der Waals surface area contributed by atoms with Gasteiger partial charge < -0.3 is 15.8 Å². The Labute approximate surface area is 103 Å². The molecule has 2 rings (SSSR count). The van der Waals surface area contributed by atoms with Crippen LogP contribution in [0.25, 0.3) is 0 Å². The average Bonchev–Trinajstić information content (AvgIpc) is 2.31. The van der Waals surface area contributed by atoms with Crippen molar-refractivity contribution in [3.63, 3.8) is 0 Å². The molecule has 0 atom stereocenters. The third kappa shape index (κ3) is 3.29. The van der Waals surface area contributed by atoms with Crippen molar-refractivity contribution in [1.29, 1.82) is 0 Å². The normalized spacial score (nSPS) is 17.7. The molecule has 0 bridgehead atoms. The second kappa shape index (κ2) is 5.06. The van der Waals surface area contributed by atoms with E-state index in [4.69, 9.17) is 5.73 Å². The first-order valence-electron chi connectivity index (χ1n) is 5.81. The molecule has 1 fully saturated rings. The van der Waals surface area contributed by atoms with E-state index in [0.717, 1.165) is 31.5 Å². The van der Waals surface area contributed by atoms with Gasteiger partial charge in [0.25, 0.3) is 0 Å². The molecule has 0 radical (unpaired) electrons. The van der Waals surface area contributed by atoms with Gasteiger partial charge in [-0.2, -0.15) is 0 Å². The van der Waals surface area contributed by atoms with Gasteiger partial charge >= 0.3 is 6.36 Å². The molecule has 1 aliphatic rings. The standard InChI is InChI=1S/C12H15F3N2O/c13-12(14,15)18-9-1-2-11(16)10(7-9)8-3-5-17-6-4-8/h1-2,7-8,17H,3-6,16H2. The molecule has 0 amide bonds. The molecule has 18 heavy (non-hydrogen) atoms. The van der Waals surface area contributed by atoms with Gasteiger partial charge in [-0.1, -0.05) is 0 Å². The van der Waals surface area contributed by atoms with E-state index in [1.165, 1.54) is 18.2 Å². The minimum absolute atomic E-state index is 0.197. The highest BCUT2D eigenvalue weighted by Crippen LogP contribution is 2.34. The van der Waals surface area contributed by atoms with Gasteiger partial charge in [-0.05, 0) is 55.6 Å². The minimum Gasteiger partial charge on any atom is -0.406 e. The number of nitrogens with one attached hydrogen (secondary N) is 1. The molecular weight excluding hydrogens is 245 g/mol. The summed E-state index contributed by atoms with van der Waals surface area (Å²) in [5.41, 5.74) is 7.10. The lowest BCUT2D eigenvalue weighted by atomic mass is 9.89. The van der Waals surface area contributed by atoms with Gasteiger partial charge in [-0.3, -0.25) is 0 Å². The van der Waals surface area contributed by atoms with E-state index < -0.39 is 6.36 Å². The van der Waals surface area contributed by atoms with Crippen LogP contribution in [0.4, 0.5) is 18.9 Å². The molecular formula is C12H15F3N2O. The highest BCUT2D eigenvalue weighted by atomic mass is 19.4. The van der Waals surface area contributed by atoms with Crippen LogP contribution in [0.1, 0.15) is 24.3 Å². The lowest BCUT2D eigenvalue weighted by molar-refractivity contribution is -0.274. The molecule has 0 aromatic heterocycles. The Morgan fingerprint density at radius 1 is 1.22 bits per heavy atom. The van der Waals surface area contributed by atoms with Crippen molar-refractivity contribution in [2.45, 2.75) is 25.1 Å². The Hall–Kier alpha value is -1.43. The molecule has 100 valence electrons. The van der Waals surface area contributed by atoms with Crippen molar-refractivity contribution in [1.82, 2.24) is 5.32 Å². The van der Waals surface area contributed by atoms with Crippen LogP contribution < -0.4 is 15.8 Å². The van der Waals surface area contributed by atoms with Gasteiger partial charge in [-0.25, -0.2) is 0 Å². The van der Waals surface area contributed by atoms with Crippen molar-refractivity contribution < 1.29 is 17.9 Å². The number of benzene rings is 1. The van der Waals surface area contributed by atoms with Crippen molar-refractivity contribution in [2.24, 2.45) is 0 Å². The van der Waals surface area contributed by atoms with Crippen LogP contribution in [-0.4, -0.2) is 19.5 Å². The predicted octanol–water partition coefficient (Wildman–Crippen LogP) is 2.63. The molecule has 1 aromatic carbocycles. The fourth-order valence-corrected chi connectivity index (χ4v) is 2.24. The first-order chi connectivity index (χ1) is 8.46. The zero-order chi connectivity index (χ0) is 13.2. The van der Waals surface area contributed by atoms with Crippen LogP contribution in [0.15, 0.2) is 18.2 Å². The lowest BCUT2D eigenvalue weighted by Crippen LogP contribution is -2.27. The number of anilines is 1. The van der Waals surface area contributed by atoms with Gasteiger partial charge in [0.05, 0.1) is 0 Å². The highest BCUT2D eigenvalue weighted by molar-refractivity contribution is 5.52. The number of rotatable bonds is 2. The monoisotopic (exact) mass is 260 g/mol. The number of alkyl halides is 3. The summed E-state index contributed by atoms with van der Waals surface area (Å²) in [4.78, 5) is 0. The SMILES string of the molecule is Nc1ccc(OC(F)(F)F)cc1C1CCNCC1. The van der Waals surface area contributed by atoms with E-state index >= 15 is 0 Å². The Morgan fingerprint density at radius 2 is 1.89 bits per heavy atom. The number of hydrogen-bond donors (Lipinski definition) is 2. The number of nitrogen functional groups attached to an aromatic ring is 1. The summed E-state index contributed by atoms with van der Waals surface area (Å²) in [5.74, 6) is -0.00623. The summed E-state index contributed by atoms with van der Waals surface area (Å²) in [6.07, 6.45) is -2.92. The first-order valence-corrected chi connectivity index (χ1v) is 5.81. The number of hydrogen-bond acceptors (Lipinski definition) is 3. The van der Waals surface area contributed by atoms with E-state index in [0.29, 0.717) is 5.69 Å². The molecule has 3 nitrogen and oxygen atoms in total. The molecule has 1 aliphatic heterocycles. The van der Waals surface area contributed by atoms with Crippen LogP contribution in [0, 0.1) is 0 Å². The molecule has 0 spiro atoms. The molecule has 0 unspecified atom stereocenters. The lowest BCUT2D eigenvalue weighted by Gasteiger charge is -2.24. The van der Waals surface area contributed by atoms with Gasteiger partial charge in [0.15, 0.2) is 0 Å². The second-order valence-corrected chi connectivity index (χ2v) is 4.36. The van der Waals surface area contributed by atoms with Gasteiger partial charge in [-0.15, -0.1) is 13.2 Å². The zero-order valence-corrected chi connectivity index (χ0v) is 9.76. The largest absolute Gasteiger partial charge is 0.573 e. The number of nitrogens with two attached hydrogens (primary N) is 1. The van der Waals surface area contributed by atoms with E-state index in [9.17, 15) is 13.2 Å². The van der Waals surface area contributed by atoms with E-state index in [-0.39, 0.29) is 11.7 Å². The quantitative estimate of drug-likeness (QED) is 0.804. The molecule has 3 N–H and O–H groups in total. The maximum Gasteiger partial charge on any atom is 0.573 e. The summed E-state index contributed by atoms with van der Waals surface area (Å²) in [5, 5.41) is 3.20. The van der Waals surface area contributed by atoms with Crippen LogP contribution in [-0.2, 0) is 0 Å². The summed E-state index contributed by atoms with van der Waals surface area (Å²) < 4.78 is 40.4. The first kappa shape index (κ1) is 13.0. The third-order valence-corrected chi connectivity index (χ3v) is 3.07. The Kier molecular flexibility index (Phi) is 3.65. The van der Waals surface area contributed by atoms with E-state index in [1.54, 1.807) is 0 Å². The van der Waals surface area contributed by atoms with Crippen LogP contribution in [0.3, 0.4) is 0 Å². The number of halogens is 3. The molecule has 0 saturated carbocycles. The highest BCUT2D eigenvalue weighted by Gasteiger charge is 2.31. The Balaban J connectivity index is 2.20. The van der Waals surface area contributed by atoms with Crippen LogP contribution in [0.5, 0.6) is 5.75 Å². The topological polar surface area (TPSA) is 47.3 Å². The van der Waals surface area contributed by atoms with Gasteiger partial charge in [0, 0.05) is 5.69 Å². The molecule has 0 aliphatic carbocycles. The van der Waals surface area contributed by atoms with Crippen LogP contribution >= 0.6 is 0 Å². The fraction of sp³-hybridized carbons (Fsp3) is 0.500. The average molecular weight is 260 g/mol. The maximum absolute atomic E-state index is 12.2.